The van der Waals surface area contributed by atoms with Crippen LogP contribution < -0.4 is 10.6 Å². The van der Waals surface area contributed by atoms with E-state index in [0.29, 0.717) is 0 Å². The molecule has 1 aliphatic rings. The number of fused-ring (bicyclic) bond motifs is 1. The topological polar surface area (TPSA) is 36.4 Å². The number of aryl methyl sites for hydroxylation is 1. The normalized spacial score (nSPS) is 15.4. The lowest BCUT2D eigenvalue weighted by molar-refractivity contribution is 0.741. The van der Waals surface area contributed by atoms with Crippen molar-refractivity contribution in [1.82, 2.24) is 10.6 Å². The van der Waals surface area contributed by atoms with Gasteiger partial charge in [0.25, 0.3) is 0 Å². The predicted octanol–water partition coefficient (Wildman–Crippen LogP) is 5.24. The van der Waals surface area contributed by atoms with Crippen molar-refractivity contribution >= 4 is 24.1 Å². The van der Waals surface area contributed by atoms with Crippen molar-refractivity contribution in [1.29, 1.82) is 0 Å². The molecule has 1 aliphatic heterocycles. The Morgan fingerprint density at radius 3 is 2.50 bits per heavy atom. The van der Waals surface area contributed by atoms with E-state index in [-0.39, 0.29) is 18.3 Å². The van der Waals surface area contributed by atoms with Gasteiger partial charge in [-0.1, -0.05) is 66.7 Å². The number of rotatable bonds is 3. The van der Waals surface area contributed by atoms with Crippen LogP contribution >= 0.6 is 12.4 Å². The molecule has 28 heavy (non-hydrogen) atoms. The molecule has 1 heterocycles. The van der Waals surface area contributed by atoms with Gasteiger partial charge in [-0.2, -0.15) is 0 Å². The maximum Gasteiger partial charge on any atom is 0.196 e. The summed E-state index contributed by atoms with van der Waals surface area (Å²) in [5.41, 5.74) is 7.56. The zero-order chi connectivity index (χ0) is 18.6. The Labute approximate surface area is 173 Å². The minimum Gasteiger partial charge on any atom is -0.355 e. The van der Waals surface area contributed by atoms with E-state index in [1.807, 2.05) is 0 Å². The Kier molecular flexibility index (Phi) is 6.37. The maximum atomic E-state index is 4.88. The van der Waals surface area contributed by atoms with Crippen molar-refractivity contribution in [3.05, 3.63) is 101 Å². The van der Waals surface area contributed by atoms with Gasteiger partial charge in [0.15, 0.2) is 5.96 Å². The molecule has 0 spiro atoms. The second-order valence-corrected chi connectivity index (χ2v) is 7.08. The zero-order valence-corrected chi connectivity index (χ0v) is 17.1. The third kappa shape index (κ3) is 4.20. The van der Waals surface area contributed by atoms with E-state index in [9.17, 15) is 0 Å². The third-order valence-corrected chi connectivity index (χ3v) is 5.38. The molecular formula is C24H26ClN3. The van der Waals surface area contributed by atoms with Crippen molar-refractivity contribution in [2.75, 3.05) is 6.54 Å². The van der Waals surface area contributed by atoms with Crippen LogP contribution in [0.5, 0.6) is 0 Å². The average Bonchev–Trinajstić information content (AvgIpc) is 2.89. The molecule has 0 bridgehead atoms. The largest absolute Gasteiger partial charge is 0.355 e. The molecule has 0 radical (unpaired) electrons. The van der Waals surface area contributed by atoms with E-state index in [0.717, 1.165) is 24.7 Å². The Morgan fingerprint density at radius 1 is 0.929 bits per heavy atom. The summed E-state index contributed by atoms with van der Waals surface area (Å²) in [5, 5.41) is 7.02. The van der Waals surface area contributed by atoms with Gasteiger partial charge in [0.2, 0.25) is 0 Å². The van der Waals surface area contributed by atoms with Crippen LogP contribution in [0, 0.1) is 13.8 Å². The van der Waals surface area contributed by atoms with Gasteiger partial charge in [0, 0.05) is 19.0 Å². The SMILES string of the molecule is Cc1cccc(CNC2=Nc3ccccc3C(c3ccccc3)CN2)c1C.Cl. The first-order chi connectivity index (χ1) is 13.2. The van der Waals surface area contributed by atoms with E-state index in [2.05, 4.69) is 97.3 Å². The van der Waals surface area contributed by atoms with Crippen molar-refractivity contribution in [2.24, 2.45) is 4.99 Å². The van der Waals surface area contributed by atoms with Gasteiger partial charge in [-0.3, -0.25) is 0 Å². The van der Waals surface area contributed by atoms with Crippen LogP contribution in [0.1, 0.15) is 33.7 Å². The number of aliphatic imine (C=N–C) groups is 1. The number of benzene rings is 3. The summed E-state index contributed by atoms with van der Waals surface area (Å²) in [7, 11) is 0. The number of halogens is 1. The number of para-hydroxylation sites is 1. The molecule has 0 saturated heterocycles. The lowest BCUT2D eigenvalue weighted by atomic mass is 9.90. The van der Waals surface area contributed by atoms with Crippen molar-refractivity contribution in [2.45, 2.75) is 26.3 Å². The Hall–Kier alpha value is -2.78. The van der Waals surface area contributed by atoms with E-state index in [4.69, 9.17) is 4.99 Å². The van der Waals surface area contributed by atoms with Gasteiger partial charge >= 0.3 is 0 Å². The summed E-state index contributed by atoms with van der Waals surface area (Å²) >= 11 is 0. The molecule has 0 saturated carbocycles. The molecule has 4 heteroatoms. The van der Waals surface area contributed by atoms with E-state index < -0.39 is 0 Å². The summed E-state index contributed by atoms with van der Waals surface area (Å²) in [6.45, 7) is 5.91. The van der Waals surface area contributed by atoms with Crippen LogP contribution in [0.4, 0.5) is 5.69 Å². The van der Waals surface area contributed by atoms with Gasteiger partial charge in [-0.25, -0.2) is 4.99 Å². The fourth-order valence-electron chi connectivity index (χ4n) is 3.62. The first-order valence-corrected chi connectivity index (χ1v) is 9.48. The zero-order valence-electron chi connectivity index (χ0n) is 16.3. The van der Waals surface area contributed by atoms with E-state index in [1.165, 1.54) is 27.8 Å². The molecule has 4 rings (SSSR count). The average molecular weight is 392 g/mol. The molecule has 0 aromatic heterocycles. The standard InChI is InChI=1S/C24H25N3.ClH/c1-17-9-8-12-20(18(17)2)15-25-24-26-16-22(19-10-4-3-5-11-19)21-13-6-7-14-23(21)27-24;/h3-14,22H,15-16H2,1-2H3,(H2,25,26,27);1H. The monoisotopic (exact) mass is 391 g/mol. The number of hydrogen-bond acceptors (Lipinski definition) is 3. The highest BCUT2D eigenvalue weighted by Crippen LogP contribution is 2.33. The van der Waals surface area contributed by atoms with Gasteiger partial charge in [-0.05, 0) is 47.7 Å². The molecule has 1 atom stereocenters. The molecule has 144 valence electrons. The molecule has 3 aromatic rings. The predicted molar refractivity (Wildman–Crippen MR) is 120 cm³/mol. The summed E-state index contributed by atoms with van der Waals surface area (Å²) in [6.07, 6.45) is 0. The summed E-state index contributed by atoms with van der Waals surface area (Å²) in [5.74, 6) is 1.12. The molecule has 2 N–H and O–H groups in total. The molecule has 3 aromatic carbocycles. The first kappa shape index (κ1) is 20.0. The first-order valence-electron chi connectivity index (χ1n) is 9.48. The van der Waals surface area contributed by atoms with Crippen molar-refractivity contribution < 1.29 is 0 Å². The van der Waals surface area contributed by atoms with Crippen LogP contribution in [0.25, 0.3) is 0 Å². The third-order valence-electron chi connectivity index (χ3n) is 5.38. The van der Waals surface area contributed by atoms with Gasteiger partial charge < -0.3 is 10.6 Å². The highest BCUT2D eigenvalue weighted by atomic mass is 35.5. The molecule has 0 fully saturated rings. The Balaban J connectivity index is 0.00000225. The minimum absolute atomic E-state index is 0. The molecule has 1 unspecified atom stereocenters. The fourth-order valence-corrected chi connectivity index (χ4v) is 3.62. The van der Waals surface area contributed by atoms with Crippen LogP contribution in [-0.4, -0.2) is 12.5 Å². The summed E-state index contributed by atoms with van der Waals surface area (Å²) < 4.78 is 0. The molecular weight excluding hydrogens is 366 g/mol. The Bertz CT molecular complexity index is 967. The quantitative estimate of drug-likeness (QED) is 0.640. The highest BCUT2D eigenvalue weighted by molar-refractivity contribution is 5.85. The van der Waals surface area contributed by atoms with Gasteiger partial charge in [0.1, 0.15) is 0 Å². The van der Waals surface area contributed by atoms with Crippen molar-refractivity contribution in [3.8, 4) is 0 Å². The van der Waals surface area contributed by atoms with E-state index in [1.54, 1.807) is 0 Å². The van der Waals surface area contributed by atoms with Crippen LogP contribution in [0.15, 0.2) is 77.8 Å². The maximum absolute atomic E-state index is 4.88. The smallest absolute Gasteiger partial charge is 0.196 e. The second-order valence-electron chi connectivity index (χ2n) is 7.08. The molecule has 0 aliphatic carbocycles. The highest BCUT2D eigenvalue weighted by Gasteiger charge is 2.21. The number of hydrogen-bond donors (Lipinski definition) is 2. The van der Waals surface area contributed by atoms with Gasteiger partial charge in [0.05, 0.1) is 5.69 Å². The molecule has 3 nitrogen and oxygen atoms in total. The van der Waals surface area contributed by atoms with Crippen molar-refractivity contribution in [3.63, 3.8) is 0 Å². The number of nitrogens with zero attached hydrogens (tertiary/aromatic N) is 1. The number of guanidine groups is 1. The summed E-state index contributed by atoms with van der Waals surface area (Å²) in [6, 6.07) is 25.5. The van der Waals surface area contributed by atoms with Gasteiger partial charge in [-0.15, -0.1) is 12.4 Å². The van der Waals surface area contributed by atoms with Crippen LogP contribution in [0.3, 0.4) is 0 Å². The van der Waals surface area contributed by atoms with Crippen LogP contribution in [-0.2, 0) is 6.54 Å². The fraction of sp³-hybridized carbons (Fsp3) is 0.208. The molecule has 0 amide bonds. The second kappa shape index (κ2) is 8.94. The van der Waals surface area contributed by atoms with E-state index >= 15 is 0 Å². The minimum atomic E-state index is 0. The number of nitrogens with one attached hydrogen (secondary N) is 2. The summed E-state index contributed by atoms with van der Waals surface area (Å²) in [4.78, 5) is 4.88. The Morgan fingerprint density at radius 2 is 1.68 bits per heavy atom. The van der Waals surface area contributed by atoms with Crippen LogP contribution in [0.2, 0.25) is 0 Å². The lowest BCUT2D eigenvalue weighted by Crippen LogP contribution is -2.38. The lowest BCUT2D eigenvalue weighted by Gasteiger charge is -2.18.